The van der Waals surface area contributed by atoms with Crippen molar-refractivity contribution in [1.82, 2.24) is 15.1 Å². The van der Waals surface area contributed by atoms with Crippen LogP contribution in [0, 0.1) is 0 Å². The summed E-state index contributed by atoms with van der Waals surface area (Å²) in [6.45, 7) is 0.856. The quantitative estimate of drug-likeness (QED) is 0.660. The van der Waals surface area contributed by atoms with Gasteiger partial charge in [0.1, 0.15) is 5.69 Å². The van der Waals surface area contributed by atoms with Crippen LogP contribution >= 0.6 is 0 Å². The molecule has 3 N–H and O–H groups in total. The maximum Gasteiger partial charge on any atom is 0.272 e. The lowest BCUT2D eigenvalue weighted by Gasteiger charge is -2.18. The number of methoxy groups -OCH3 is 1. The molecule has 1 atom stereocenters. The molecule has 140 valence electrons. The molecule has 1 heterocycles. The van der Waals surface area contributed by atoms with Crippen LogP contribution in [-0.4, -0.2) is 35.9 Å². The number of aromatic nitrogens is 2. The Morgan fingerprint density at radius 3 is 2.70 bits per heavy atom. The highest BCUT2D eigenvalue weighted by Crippen LogP contribution is 2.20. The van der Waals surface area contributed by atoms with Crippen molar-refractivity contribution < 1.29 is 9.53 Å². The van der Waals surface area contributed by atoms with Crippen LogP contribution in [0.15, 0.2) is 59.4 Å². The van der Waals surface area contributed by atoms with Gasteiger partial charge in [-0.1, -0.05) is 36.4 Å². The zero-order valence-electron chi connectivity index (χ0n) is 15.1. The average Bonchev–Trinajstić information content (AvgIpc) is 2.70. The summed E-state index contributed by atoms with van der Waals surface area (Å²) in [7, 11) is 1.54. The number of hydrogen-bond donors (Lipinski definition) is 2. The highest BCUT2D eigenvalue weighted by atomic mass is 16.5. The number of ether oxygens (including phenoxy) is 1. The molecule has 7 heteroatoms. The first-order chi connectivity index (χ1) is 13.1. The van der Waals surface area contributed by atoms with Crippen molar-refractivity contribution in [3.63, 3.8) is 0 Å². The van der Waals surface area contributed by atoms with Crippen molar-refractivity contribution in [1.29, 1.82) is 0 Å². The van der Waals surface area contributed by atoms with Crippen LogP contribution in [0.3, 0.4) is 0 Å². The van der Waals surface area contributed by atoms with Crippen molar-refractivity contribution in [2.24, 2.45) is 5.73 Å². The van der Waals surface area contributed by atoms with Gasteiger partial charge in [0, 0.05) is 19.7 Å². The maximum absolute atomic E-state index is 12.6. The first-order valence-corrected chi connectivity index (χ1v) is 8.69. The Hall–Kier alpha value is -3.03. The highest BCUT2D eigenvalue weighted by Gasteiger charge is 2.16. The van der Waals surface area contributed by atoms with E-state index >= 15 is 0 Å². The van der Waals surface area contributed by atoms with Crippen LogP contribution in [0.2, 0.25) is 0 Å². The minimum absolute atomic E-state index is 0.157. The fourth-order valence-corrected chi connectivity index (χ4v) is 2.84. The fraction of sp³-hybridized carbons (Fsp3) is 0.250. The van der Waals surface area contributed by atoms with Gasteiger partial charge >= 0.3 is 0 Å². The van der Waals surface area contributed by atoms with Gasteiger partial charge in [0.25, 0.3) is 11.5 Å². The summed E-state index contributed by atoms with van der Waals surface area (Å²) in [5, 5.41) is 9.20. The molecule has 0 bridgehead atoms. The van der Waals surface area contributed by atoms with Gasteiger partial charge in [-0.25, -0.2) is 4.68 Å². The average molecular weight is 366 g/mol. The van der Waals surface area contributed by atoms with E-state index in [0.29, 0.717) is 6.61 Å². The van der Waals surface area contributed by atoms with Crippen molar-refractivity contribution in [3.05, 3.63) is 76.2 Å². The molecule has 0 aliphatic rings. The molecule has 2 aromatic carbocycles. The number of nitrogens with one attached hydrogen (secondary N) is 1. The molecule has 0 saturated carbocycles. The minimum atomic E-state index is -0.384. The molecule has 0 fully saturated rings. The van der Waals surface area contributed by atoms with E-state index in [1.165, 1.54) is 23.9 Å². The number of carbonyl (C=O) groups is 1. The summed E-state index contributed by atoms with van der Waals surface area (Å²) in [5.41, 5.74) is 6.68. The lowest BCUT2D eigenvalue weighted by atomic mass is 10.0. The Morgan fingerprint density at radius 2 is 1.96 bits per heavy atom. The molecule has 7 nitrogen and oxygen atoms in total. The van der Waals surface area contributed by atoms with Crippen molar-refractivity contribution in [2.75, 3.05) is 20.3 Å². The van der Waals surface area contributed by atoms with E-state index in [1.54, 1.807) is 0 Å². The maximum atomic E-state index is 12.6. The number of rotatable bonds is 7. The van der Waals surface area contributed by atoms with E-state index in [1.807, 2.05) is 42.5 Å². The van der Waals surface area contributed by atoms with Gasteiger partial charge in [-0.3, -0.25) is 9.59 Å². The Balaban J connectivity index is 1.81. The third-order valence-corrected chi connectivity index (χ3v) is 4.32. The fourth-order valence-electron chi connectivity index (χ4n) is 2.84. The molecule has 0 aliphatic carbocycles. The summed E-state index contributed by atoms with van der Waals surface area (Å²) in [6, 6.07) is 16.3. The normalized spacial score (nSPS) is 12.1. The Morgan fingerprint density at radius 1 is 1.19 bits per heavy atom. The Kier molecular flexibility index (Phi) is 5.95. The zero-order chi connectivity index (χ0) is 19.2. The van der Waals surface area contributed by atoms with E-state index in [-0.39, 0.29) is 36.3 Å². The zero-order valence-corrected chi connectivity index (χ0v) is 15.1. The SMILES string of the molecule is COCCn1nc(C(=O)NC(CN)c2ccc3ccccc3c2)ccc1=O. The molecular weight excluding hydrogens is 344 g/mol. The molecule has 0 radical (unpaired) electrons. The molecule has 27 heavy (non-hydrogen) atoms. The second kappa shape index (κ2) is 8.57. The van der Waals surface area contributed by atoms with E-state index in [9.17, 15) is 9.59 Å². The molecular formula is C20H22N4O3. The minimum Gasteiger partial charge on any atom is -0.383 e. The third kappa shape index (κ3) is 4.39. The van der Waals surface area contributed by atoms with Crippen molar-refractivity contribution in [3.8, 4) is 0 Å². The summed E-state index contributed by atoms with van der Waals surface area (Å²) >= 11 is 0. The van der Waals surface area contributed by atoms with Gasteiger partial charge in [-0.2, -0.15) is 5.10 Å². The molecule has 1 aromatic heterocycles. The summed E-state index contributed by atoms with van der Waals surface area (Å²) in [4.78, 5) is 24.4. The van der Waals surface area contributed by atoms with Gasteiger partial charge in [0.05, 0.1) is 19.2 Å². The van der Waals surface area contributed by atoms with Crippen LogP contribution in [0.1, 0.15) is 22.1 Å². The molecule has 1 unspecified atom stereocenters. The Bertz CT molecular complexity index is 1000. The molecule has 3 rings (SSSR count). The number of nitrogens with zero attached hydrogens (tertiary/aromatic N) is 2. The van der Waals surface area contributed by atoms with Crippen LogP contribution in [0.25, 0.3) is 10.8 Å². The number of fused-ring (bicyclic) bond motifs is 1. The Labute approximate surface area is 156 Å². The summed E-state index contributed by atoms with van der Waals surface area (Å²) in [5.74, 6) is -0.384. The molecule has 0 aliphatic heterocycles. The standard InChI is InChI=1S/C20H22N4O3/c1-27-11-10-24-19(25)9-8-17(23-24)20(26)22-18(13-21)16-7-6-14-4-2-3-5-15(14)12-16/h2-9,12,18H,10-11,13,21H2,1H3,(H,22,26). The van der Waals surface area contributed by atoms with Crippen LogP contribution in [0.5, 0.6) is 0 Å². The summed E-state index contributed by atoms with van der Waals surface area (Å²) in [6.07, 6.45) is 0. The molecule has 0 spiro atoms. The van der Waals surface area contributed by atoms with Crippen LogP contribution in [-0.2, 0) is 11.3 Å². The number of nitrogens with two attached hydrogens (primary N) is 1. The summed E-state index contributed by atoms with van der Waals surface area (Å²) < 4.78 is 6.17. The van der Waals surface area contributed by atoms with E-state index < -0.39 is 0 Å². The van der Waals surface area contributed by atoms with E-state index in [2.05, 4.69) is 10.4 Å². The monoisotopic (exact) mass is 366 g/mol. The number of carbonyl (C=O) groups excluding carboxylic acids is 1. The van der Waals surface area contributed by atoms with Gasteiger partial charge in [-0.15, -0.1) is 0 Å². The van der Waals surface area contributed by atoms with Gasteiger partial charge in [-0.05, 0) is 28.5 Å². The first-order valence-electron chi connectivity index (χ1n) is 8.69. The topological polar surface area (TPSA) is 99.2 Å². The number of hydrogen-bond acceptors (Lipinski definition) is 5. The van der Waals surface area contributed by atoms with Gasteiger partial charge < -0.3 is 15.8 Å². The predicted octanol–water partition coefficient (Wildman–Crippen LogP) is 1.47. The van der Waals surface area contributed by atoms with E-state index in [0.717, 1.165) is 16.3 Å². The second-order valence-corrected chi connectivity index (χ2v) is 6.14. The van der Waals surface area contributed by atoms with Gasteiger partial charge in [0.15, 0.2) is 0 Å². The highest BCUT2D eigenvalue weighted by molar-refractivity contribution is 5.92. The van der Waals surface area contributed by atoms with Gasteiger partial charge in [0.2, 0.25) is 0 Å². The second-order valence-electron chi connectivity index (χ2n) is 6.14. The van der Waals surface area contributed by atoms with Crippen molar-refractivity contribution in [2.45, 2.75) is 12.6 Å². The number of benzene rings is 2. The largest absolute Gasteiger partial charge is 0.383 e. The number of amides is 1. The van der Waals surface area contributed by atoms with E-state index in [4.69, 9.17) is 10.5 Å². The third-order valence-electron chi connectivity index (χ3n) is 4.32. The first kappa shape index (κ1) is 18.8. The van der Waals surface area contributed by atoms with Crippen LogP contribution in [0.4, 0.5) is 0 Å². The predicted molar refractivity (Wildman–Crippen MR) is 104 cm³/mol. The lowest BCUT2D eigenvalue weighted by Crippen LogP contribution is -2.35. The molecule has 3 aromatic rings. The van der Waals surface area contributed by atoms with Crippen LogP contribution < -0.4 is 16.6 Å². The lowest BCUT2D eigenvalue weighted by molar-refractivity contribution is 0.0929. The molecule has 0 saturated heterocycles. The van der Waals surface area contributed by atoms with Crippen molar-refractivity contribution >= 4 is 16.7 Å². The molecule has 1 amide bonds. The smallest absolute Gasteiger partial charge is 0.272 e.